The molecule has 1 aliphatic heterocycles. The van der Waals surface area contributed by atoms with Crippen LogP contribution in [-0.2, 0) is 0 Å². The van der Waals surface area contributed by atoms with E-state index in [1.54, 1.807) is 24.3 Å². The third-order valence-corrected chi connectivity index (χ3v) is 3.24. The van der Waals surface area contributed by atoms with Crippen molar-refractivity contribution in [2.45, 2.75) is 0 Å². The lowest BCUT2D eigenvalue weighted by atomic mass is 10.1. The van der Waals surface area contributed by atoms with Gasteiger partial charge in [0.2, 0.25) is 0 Å². The van der Waals surface area contributed by atoms with Crippen LogP contribution in [0, 0.1) is 11.6 Å². The van der Waals surface area contributed by atoms with Crippen molar-refractivity contribution in [3.8, 4) is 0 Å². The van der Waals surface area contributed by atoms with E-state index in [1.165, 1.54) is 6.07 Å². The summed E-state index contributed by atoms with van der Waals surface area (Å²) in [6.07, 6.45) is 0. The zero-order chi connectivity index (χ0) is 15.0. The van der Waals surface area contributed by atoms with Crippen molar-refractivity contribution in [1.29, 1.82) is 0 Å². The van der Waals surface area contributed by atoms with Crippen LogP contribution >= 0.6 is 0 Å². The number of halogens is 2. The van der Waals surface area contributed by atoms with Crippen LogP contribution in [0.25, 0.3) is 0 Å². The third-order valence-electron chi connectivity index (χ3n) is 3.24. The van der Waals surface area contributed by atoms with E-state index in [1.807, 2.05) is 0 Å². The molecule has 0 bridgehead atoms. The van der Waals surface area contributed by atoms with Gasteiger partial charge in [0.05, 0.1) is 17.8 Å². The molecule has 3 rings (SSSR count). The minimum Gasteiger partial charge on any atom is -0.367 e. The van der Waals surface area contributed by atoms with Crippen molar-refractivity contribution in [1.82, 2.24) is 4.90 Å². The van der Waals surface area contributed by atoms with Gasteiger partial charge in [0.25, 0.3) is 11.8 Å². The molecule has 0 unspecified atom stereocenters. The number of nitrogens with one attached hydrogen (secondary N) is 1. The summed E-state index contributed by atoms with van der Waals surface area (Å²) in [5, 5.41) is 2.73. The van der Waals surface area contributed by atoms with Gasteiger partial charge in [-0.3, -0.25) is 14.5 Å². The van der Waals surface area contributed by atoms with Gasteiger partial charge in [-0.25, -0.2) is 8.78 Å². The number of fused-ring (bicyclic) bond motifs is 1. The first-order chi connectivity index (χ1) is 10.1. The zero-order valence-corrected chi connectivity index (χ0v) is 10.8. The van der Waals surface area contributed by atoms with E-state index in [4.69, 9.17) is 0 Å². The van der Waals surface area contributed by atoms with Crippen molar-refractivity contribution in [3.05, 3.63) is 65.2 Å². The number of hydrogen-bond donors (Lipinski definition) is 1. The SMILES string of the molecule is O=C1c2ccccc2C(=O)N1CNc1ccc(F)c(F)c1. The number of anilines is 1. The van der Waals surface area contributed by atoms with Gasteiger partial charge >= 0.3 is 0 Å². The molecule has 106 valence electrons. The molecule has 0 aliphatic carbocycles. The van der Waals surface area contributed by atoms with Gasteiger partial charge in [-0.15, -0.1) is 0 Å². The molecule has 0 saturated heterocycles. The molecule has 6 heteroatoms. The summed E-state index contributed by atoms with van der Waals surface area (Å²) in [4.78, 5) is 25.2. The van der Waals surface area contributed by atoms with Crippen molar-refractivity contribution in [2.75, 3.05) is 12.0 Å². The number of imide groups is 1. The zero-order valence-electron chi connectivity index (χ0n) is 10.8. The number of nitrogens with zero attached hydrogens (tertiary/aromatic N) is 1. The molecule has 1 aliphatic rings. The molecule has 0 radical (unpaired) electrons. The number of rotatable bonds is 3. The summed E-state index contributed by atoms with van der Waals surface area (Å²) in [6, 6.07) is 9.77. The fourth-order valence-electron chi connectivity index (χ4n) is 2.16. The van der Waals surface area contributed by atoms with Gasteiger partial charge in [0, 0.05) is 11.8 Å². The molecular weight excluding hydrogens is 278 g/mol. The van der Waals surface area contributed by atoms with Crippen LogP contribution in [0.3, 0.4) is 0 Å². The van der Waals surface area contributed by atoms with Gasteiger partial charge in [0.15, 0.2) is 11.6 Å². The van der Waals surface area contributed by atoms with Crippen molar-refractivity contribution >= 4 is 17.5 Å². The quantitative estimate of drug-likeness (QED) is 0.883. The Morgan fingerprint density at radius 1 is 0.905 bits per heavy atom. The highest BCUT2D eigenvalue weighted by Crippen LogP contribution is 2.22. The largest absolute Gasteiger partial charge is 0.367 e. The van der Waals surface area contributed by atoms with E-state index < -0.39 is 23.4 Å². The predicted octanol–water partition coefficient (Wildman–Crippen LogP) is 2.63. The van der Waals surface area contributed by atoms with Crippen LogP contribution in [0.2, 0.25) is 0 Å². The molecule has 21 heavy (non-hydrogen) atoms. The minimum absolute atomic E-state index is 0.114. The van der Waals surface area contributed by atoms with E-state index in [9.17, 15) is 18.4 Å². The summed E-state index contributed by atoms with van der Waals surface area (Å²) in [5.74, 6) is -2.78. The molecular formula is C15H10F2N2O2. The second kappa shape index (κ2) is 4.97. The van der Waals surface area contributed by atoms with E-state index in [2.05, 4.69) is 5.32 Å². The second-order valence-corrected chi connectivity index (χ2v) is 4.55. The average molecular weight is 288 g/mol. The fraction of sp³-hybridized carbons (Fsp3) is 0.0667. The lowest BCUT2D eigenvalue weighted by Crippen LogP contribution is -2.34. The number of hydrogen-bond acceptors (Lipinski definition) is 3. The Labute approximate surface area is 119 Å². The minimum atomic E-state index is -0.998. The fourth-order valence-corrected chi connectivity index (χ4v) is 2.16. The van der Waals surface area contributed by atoms with E-state index in [0.717, 1.165) is 17.0 Å². The van der Waals surface area contributed by atoms with Gasteiger partial charge in [-0.1, -0.05) is 12.1 Å². The Morgan fingerprint density at radius 2 is 1.52 bits per heavy atom. The Bertz CT molecular complexity index is 711. The van der Waals surface area contributed by atoms with Gasteiger partial charge in [-0.2, -0.15) is 0 Å². The average Bonchev–Trinajstić information content (AvgIpc) is 2.73. The lowest BCUT2D eigenvalue weighted by Gasteiger charge is -2.15. The lowest BCUT2D eigenvalue weighted by molar-refractivity contribution is 0.0666. The molecule has 0 fully saturated rings. The summed E-state index contributed by atoms with van der Waals surface area (Å²) in [5.41, 5.74) is 0.967. The highest BCUT2D eigenvalue weighted by atomic mass is 19.2. The standard InChI is InChI=1S/C15H10F2N2O2/c16-12-6-5-9(7-13(12)17)18-8-19-14(20)10-3-1-2-4-11(10)15(19)21/h1-7,18H,8H2. The highest BCUT2D eigenvalue weighted by Gasteiger charge is 2.34. The van der Waals surface area contributed by atoms with Crippen molar-refractivity contribution in [2.24, 2.45) is 0 Å². The summed E-state index contributed by atoms with van der Waals surface area (Å²) in [6.45, 7) is -0.114. The van der Waals surface area contributed by atoms with Crippen LogP contribution in [0.5, 0.6) is 0 Å². The third kappa shape index (κ3) is 2.24. The molecule has 0 atom stereocenters. The smallest absolute Gasteiger partial charge is 0.263 e. The van der Waals surface area contributed by atoms with Crippen molar-refractivity contribution < 1.29 is 18.4 Å². The highest BCUT2D eigenvalue weighted by molar-refractivity contribution is 6.21. The summed E-state index contributed by atoms with van der Waals surface area (Å²) in [7, 11) is 0. The van der Waals surface area contributed by atoms with Crippen LogP contribution in [0.4, 0.5) is 14.5 Å². The molecule has 1 N–H and O–H groups in total. The second-order valence-electron chi connectivity index (χ2n) is 4.55. The Hall–Kier alpha value is -2.76. The van der Waals surface area contributed by atoms with Crippen LogP contribution < -0.4 is 5.32 Å². The first-order valence-electron chi connectivity index (χ1n) is 6.22. The number of carbonyl (C=O) groups excluding carboxylic acids is 2. The maximum Gasteiger partial charge on any atom is 0.263 e. The van der Waals surface area contributed by atoms with E-state index in [0.29, 0.717) is 11.1 Å². The van der Waals surface area contributed by atoms with E-state index in [-0.39, 0.29) is 12.4 Å². The van der Waals surface area contributed by atoms with Crippen LogP contribution in [-0.4, -0.2) is 23.4 Å². The van der Waals surface area contributed by atoms with Crippen LogP contribution in [0.1, 0.15) is 20.7 Å². The predicted molar refractivity (Wildman–Crippen MR) is 71.8 cm³/mol. The Kier molecular flexibility index (Phi) is 3.13. The summed E-state index contributed by atoms with van der Waals surface area (Å²) < 4.78 is 25.9. The molecule has 1 heterocycles. The van der Waals surface area contributed by atoms with Gasteiger partial charge in [-0.05, 0) is 24.3 Å². The topological polar surface area (TPSA) is 49.4 Å². The molecule has 2 amide bonds. The normalized spacial score (nSPS) is 13.5. The molecule has 4 nitrogen and oxygen atoms in total. The number of carbonyl (C=O) groups is 2. The maximum atomic E-state index is 13.1. The number of benzene rings is 2. The van der Waals surface area contributed by atoms with Crippen LogP contribution in [0.15, 0.2) is 42.5 Å². The molecule has 0 aromatic heterocycles. The summed E-state index contributed by atoms with van der Waals surface area (Å²) >= 11 is 0. The molecule has 0 spiro atoms. The Morgan fingerprint density at radius 3 is 2.10 bits per heavy atom. The van der Waals surface area contributed by atoms with E-state index >= 15 is 0 Å². The first kappa shape index (κ1) is 13.2. The van der Waals surface area contributed by atoms with Crippen molar-refractivity contribution in [3.63, 3.8) is 0 Å². The first-order valence-corrected chi connectivity index (χ1v) is 6.22. The monoisotopic (exact) mass is 288 g/mol. The van der Waals surface area contributed by atoms with Gasteiger partial charge in [0.1, 0.15) is 0 Å². The maximum absolute atomic E-state index is 13.1. The van der Waals surface area contributed by atoms with Gasteiger partial charge < -0.3 is 5.32 Å². The molecule has 2 aromatic carbocycles. The Balaban J connectivity index is 1.76. The number of amides is 2. The molecule has 2 aromatic rings. The molecule has 0 saturated carbocycles.